The summed E-state index contributed by atoms with van der Waals surface area (Å²) in [4.78, 5) is 0. The lowest BCUT2D eigenvalue weighted by Crippen LogP contribution is -2.34. The summed E-state index contributed by atoms with van der Waals surface area (Å²) in [6.07, 6.45) is 4.06. The molecule has 0 spiro atoms. The van der Waals surface area contributed by atoms with Gasteiger partial charge < -0.3 is 5.32 Å². The van der Waals surface area contributed by atoms with E-state index in [0.717, 1.165) is 17.9 Å². The van der Waals surface area contributed by atoms with Crippen LogP contribution in [0.1, 0.15) is 47.0 Å². The van der Waals surface area contributed by atoms with Crippen LogP contribution in [0.5, 0.6) is 0 Å². The highest BCUT2D eigenvalue weighted by Crippen LogP contribution is 2.34. The van der Waals surface area contributed by atoms with Crippen LogP contribution < -0.4 is 5.32 Å². The Morgan fingerprint density at radius 1 is 1.33 bits per heavy atom. The zero-order valence-corrected chi connectivity index (χ0v) is 8.93. The largest absolute Gasteiger partial charge is 0.311 e. The maximum absolute atomic E-state index is 3.71. The molecule has 0 heterocycles. The summed E-state index contributed by atoms with van der Waals surface area (Å²) in [6.45, 7) is 9.22. The van der Waals surface area contributed by atoms with Gasteiger partial charge >= 0.3 is 0 Å². The van der Waals surface area contributed by atoms with E-state index < -0.39 is 0 Å². The minimum Gasteiger partial charge on any atom is -0.311 e. The molecule has 0 aromatic rings. The molecule has 1 aliphatic rings. The van der Waals surface area contributed by atoms with E-state index in [0.29, 0.717) is 6.04 Å². The fourth-order valence-electron chi connectivity index (χ4n) is 1.76. The molecule has 1 aliphatic carbocycles. The second kappa shape index (κ2) is 4.27. The van der Waals surface area contributed by atoms with Crippen molar-refractivity contribution in [1.82, 2.24) is 5.32 Å². The van der Waals surface area contributed by atoms with E-state index >= 15 is 0 Å². The summed E-state index contributed by atoms with van der Waals surface area (Å²) in [5.74, 6) is 1.81. The van der Waals surface area contributed by atoms with Crippen molar-refractivity contribution in [3.63, 3.8) is 0 Å². The van der Waals surface area contributed by atoms with Crippen LogP contribution in [-0.2, 0) is 0 Å². The molecule has 4 atom stereocenters. The molecular weight excluding hydrogens is 146 g/mol. The third-order valence-corrected chi connectivity index (χ3v) is 3.42. The van der Waals surface area contributed by atoms with Crippen molar-refractivity contribution in [1.29, 1.82) is 0 Å². The quantitative estimate of drug-likeness (QED) is 0.667. The summed E-state index contributed by atoms with van der Waals surface area (Å²) in [6, 6.07) is 1.55. The molecule has 1 nitrogen and oxygen atoms in total. The highest BCUT2D eigenvalue weighted by molar-refractivity contribution is 4.93. The molecule has 1 heteroatoms. The van der Waals surface area contributed by atoms with Gasteiger partial charge in [-0.1, -0.05) is 33.6 Å². The van der Waals surface area contributed by atoms with E-state index in [1.54, 1.807) is 0 Å². The van der Waals surface area contributed by atoms with E-state index in [-0.39, 0.29) is 0 Å². The zero-order valence-electron chi connectivity index (χ0n) is 8.93. The normalized spacial score (nSPS) is 33.0. The van der Waals surface area contributed by atoms with E-state index in [4.69, 9.17) is 0 Å². The topological polar surface area (TPSA) is 12.0 Å². The SMILES string of the molecule is CCC(C)C(C)NC1CC1CC. The lowest BCUT2D eigenvalue weighted by atomic mass is 10.0. The van der Waals surface area contributed by atoms with Crippen molar-refractivity contribution in [2.45, 2.75) is 59.0 Å². The molecule has 0 aromatic heterocycles. The molecule has 0 aromatic carbocycles. The lowest BCUT2D eigenvalue weighted by Gasteiger charge is -2.19. The van der Waals surface area contributed by atoms with Gasteiger partial charge in [0, 0.05) is 12.1 Å². The van der Waals surface area contributed by atoms with Crippen LogP contribution in [0.15, 0.2) is 0 Å². The Balaban J connectivity index is 2.15. The lowest BCUT2D eigenvalue weighted by molar-refractivity contribution is 0.381. The number of rotatable bonds is 5. The summed E-state index contributed by atoms with van der Waals surface area (Å²) in [5, 5.41) is 3.71. The second-order valence-corrected chi connectivity index (χ2v) is 4.35. The van der Waals surface area contributed by atoms with Crippen molar-refractivity contribution in [3.05, 3.63) is 0 Å². The monoisotopic (exact) mass is 169 g/mol. The molecule has 0 radical (unpaired) electrons. The molecule has 72 valence electrons. The number of hydrogen-bond acceptors (Lipinski definition) is 1. The molecule has 4 unspecified atom stereocenters. The molecule has 0 amide bonds. The van der Waals surface area contributed by atoms with Gasteiger partial charge in [-0.15, -0.1) is 0 Å². The average molecular weight is 169 g/mol. The first-order valence-corrected chi connectivity index (χ1v) is 5.45. The summed E-state index contributed by atoms with van der Waals surface area (Å²) < 4.78 is 0. The van der Waals surface area contributed by atoms with Crippen LogP contribution in [0, 0.1) is 11.8 Å². The molecule has 1 fully saturated rings. The Morgan fingerprint density at radius 3 is 2.42 bits per heavy atom. The van der Waals surface area contributed by atoms with Gasteiger partial charge in [0.1, 0.15) is 0 Å². The third-order valence-electron chi connectivity index (χ3n) is 3.42. The van der Waals surface area contributed by atoms with Crippen molar-refractivity contribution in [2.75, 3.05) is 0 Å². The Bertz CT molecular complexity index is 133. The number of hydrogen-bond donors (Lipinski definition) is 1. The standard InChI is InChI=1S/C11H23N/c1-5-8(3)9(4)12-11-7-10(11)6-2/h8-12H,5-7H2,1-4H3. The fraction of sp³-hybridized carbons (Fsp3) is 1.00. The molecule has 1 saturated carbocycles. The summed E-state index contributed by atoms with van der Waals surface area (Å²) >= 11 is 0. The van der Waals surface area contributed by atoms with Gasteiger partial charge in [0.15, 0.2) is 0 Å². The molecule has 12 heavy (non-hydrogen) atoms. The molecule has 0 aliphatic heterocycles. The Kier molecular flexibility index (Phi) is 3.57. The van der Waals surface area contributed by atoms with E-state index in [1.165, 1.54) is 19.3 Å². The zero-order chi connectivity index (χ0) is 9.14. The Labute approximate surface area is 76.9 Å². The van der Waals surface area contributed by atoms with Crippen molar-refractivity contribution in [2.24, 2.45) is 11.8 Å². The van der Waals surface area contributed by atoms with Crippen molar-refractivity contribution < 1.29 is 0 Å². The van der Waals surface area contributed by atoms with Gasteiger partial charge in [0.05, 0.1) is 0 Å². The summed E-state index contributed by atoms with van der Waals surface area (Å²) in [5.41, 5.74) is 0. The fourth-order valence-corrected chi connectivity index (χ4v) is 1.76. The van der Waals surface area contributed by atoms with E-state index in [1.807, 2.05) is 0 Å². The summed E-state index contributed by atoms with van der Waals surface area (Å²) in [7, 11) is 0. The first-order valence-electron chi connectivity index (χ1n) is 5.45. The smallest absolute Gasteiger partial charge is 0.0102 e. The first-order chi connectivity index (χ1) is 5.69. The highest BCUT2D eigenvalue weighted by Gasteiger charge is 2.36. The predicted octanol–water partition coefficient (Wildman–Crippen LogP) is 2.81. The third kappa shape index (κ3) is 2.48. The van der Waals surface area contributed by atoms with Gasteiger partial charge in [-0.3, -0.25) is 0 Å². The van der Waals surface area contributed by atoms with Crippen LogP contribution in [0.2, 0.25) is 0 Å². The van der Waals surface area contributed by atoms with E-state index in [9.17, 15) is 0 Å². The van der Waals surface area contributed by atoms with Crippen molar-refractivity contribution >= 4 is 0 Å². The van der Waals surface area contributed by atoms with Gasteiger partial charge in [-0.05, 0) is 25.2 Å². The van der Waals surface area contributed by atoms with Crippen LogP contribution >= 0.6 is 0 Å². The van der Waals surface area contributed by atoms with Crippen LogP contribution in [0.4, 0.5) is 0 Å². The second-order valence-electron chi connectivity index (χ2n) is 4.35. The highest BCUT2D eigenvalue weighted by atomic mass is 15.0. The predicted molar refractivity (Wildman–Crippen MR) is 54.2 cm³/mol. The average Bonchev–Trinajstić information content (AvgIpc) is 2.81. The van der Waals surface area contributed by atoms with E-state index in [2.05, 4.69) is 33.0 Å². The first kappa shape index (κ1) is 10.0. The molecule has 0 saturated heterocycles. The van der Waals surface area contributed by atoms with Gasteiger partial charge in [-0.25, -0.2) is 0 Å². The Morgan fingerprint density at radius 2 is 2.00 bits per heavy atom. The van der Waals surface area contributed by atoms with Crippen LogP contribution in [0.25, 0.3) is 0 Å². The van der Waals surface area contributed by atoms with Crippen LogP contribution in [-0.4, -0.2) is 12.1 Å². The maximum Gasteiger partial charge on any atom is 0.0102 e. The molecular formula is C11H23N. The molecule has 0 bridgehead atoms. The van der Waals surface area contributed by atoms with Gasteiger partial charge in [0.2, 0.25) is 0 Å². The van der Waals surface area contributed by atoms with Crippen molar-refractivity contribution in [3.8, 4) is 0 Å². The Hall–Kier alpha value is -0.0400. The number of nitrogens with one attached hydrogen (secondary N) is 1. The van der Waals surface area contributed by atoms with Crippen LogP contribution in [0.3, 0.4) is 0 Å². The molecule has 1 N–H and O–H groups in total. The minimum absolute atomic E-state index is 0.705. The maximum atomic E-state index is 3.71. The van der Waals surface area contributed by atoms with Gasteiger partial charge in [-0.2, -0.15) is 0 Å². The van der Waals surface area contributed by atoms with Gasteiger partial charge in [0.25, 0.3) is 0 Å². The molecule has 1 rings (SSSR count). The minimum atomic E-state index is 0.705.